The van der Waals surface area contributed by atoms with Gasteiger partial charge in [0.2, 0.25) is 0 Å². The topological polar surface area (TPSA) is 38.5 Å². The van der Waals surface area contributed by atoms with E-state index in [1.807, 2.05) is 0 Å². The second kappa shape index (κ2) is 6.15. The summed E-state index contributed by atoms with van der Waals surface area (Å²) in [6.07, 6.45) is 0.631. The van der Waals surface area contributed by atoms with Crippen LogP contribution in [0.2, 0.25) is 0 Å². The van der Waals surface area contributed by atoms with Gasteiger partial charge >= 0.3 is 0 Å². The Balaban J connectivity index is 2.04. The van der Waals surface area contributed by atoms with E-state index in [-0.39, 0.29) is 0 Å². The first-order valence-electron chi connectivity index (χ1n) is 6.43. The number of benzene rings is 1. The van der Waals surface area contributed by atoms with Gasteiger partial charge in [-0.25, -0.2) is 0 Å². The predicted molar refractivity (Wildman–Crippen MR) is 77.3 cm³/mol. The maximum Gasteiger partial charge on any atom is 0.0678 e. The van der Waals surface area contributed by atoms with Gasteiger partial charge < -0.3 is 10.5 Å². The van der Waals surface area contributed by atoms with E-state index in [1.54, 1.807) is 0 Å². The molecule has 0 spiro atoms. The molecule has 1 aliphatic heterocycles. The highest BCUT2D eigenvalue weighted by molar-refractivity contribution is 9.10. The zero-order valence-corrected chi connectivity index (χ0v) is 12.6. The number of morpholine rings is 1. The van der Waals surface area contributed by atoms with Gasteiger partial charge in [0.1, 0.15) is 0 Å². The molecule has 18 heavy (non-hydrogen) atoms. The molecule has 0 aromatic heterocycles. The third-order valence-electron chi connectivity index (χ3n) is 3.24. The number of nitrogens with two attached hydrogens (primary N) is 1. The average molecular weight is 313 g/mol. The van der Waals surface area contributed by atoms with Crippen LogP contribution in [0.25, 0.3) is 0 Å². The van der Waals surface area contributed by atoms with Crippen LogP contribution >= 0.6 is 15.9 Å². The first-order chi connectivity index (χ1) is 8.58. The van der Waals surface area contributed by atoms with Crippen molar-refractivity contribution in [2.75, 3.05) is 13.1 Å². The Hall–Kier alpha value is -0.420. The van der Waals surface area contributed by atoms with Crippen molar-refractivity contribution >= 4 is 15.9 Å². The molecule has 2 unspecified atom stereocenters. The van der Waals surface area contributed by atoms with Crippen LogP contribution < -0.4 is 5.73 Å². The number of hydrogen-bond acceptors (Lipinski definition) is 3. The molecule has 0 aliphatic carbocycles. The number of rotatable bonds is 3. The molecule has 1 aliphatic rings. The van der Waals surface area contributed by atoms with Crippen LogP contribution in [0.15, 0.2) is 22.7 Å². The van der Waals surface area contributed by atoms with E-state index >= 15 is 0 Å². The summed E-state index contributed by atoms with van der Waals surface area (Å²) in [4.78, 5) is 2.45. The van der Waals surface area contributed by atoms with Crippen LogP contribution in [-0.2, 0) is 17.8 Å². The van der Waals surface area contributed by atoms with Crippen LogP contribution in [0.3, 0.4) is 0 Å². The Morgan fingerprint density at radius 3 is 2.56 bits per heavy atom. The number of halogens is 1. The van der Waals surface area contributed by atoms with Crippen molar-refractivity contribution in [3.05, 3.63) is 33.8 Å². The van der Waals surface area contributed by atoms with Crippen LogP contribution in [0, 0.1) is 0 Å². The van der Waals surface area contributed by atoms with Crippen molar-refractivity contribution in [2.45, 2.75) is 39.1 Å². The highest BCUT2D eigenvalue weighted by atomic mass is 79.9. The van der Waals surface area contributed by atoms with E-state index < -0.39 is 0 Å². The Bertz CT molecular complexity index is 401. The van der Waals surface area contributed by atoms with E-state index in [2.05, 4.69) is 52.9 Å². The van der Waals surface area contributed by atoms with Gasteiger partial charge in [0, 0.05) is 30.7 Å². The Kier molecular flexibility index (Phi) is 4.78. The van der Waals surface area contributed by atoms with Gasteiger partial charge in [-0.2, -0.15) is 0 Å². The van der Waals surface area contributed by atoms with Crippen LogP contribution in [0.1, 0.15) is 25.0 Å². The second-order valence-corrected chi connectivity index (χ2v) is 5.94. The predicted octanol–water partition coefficient (Wildman–Crippen LogP) is 2.52. The molecular weight excluding hydrogens is 292 g/mol. The first-order valence-corrected chi connectivity index (χ1v) is 7.23. The monoisotopic (exact) mass is 312 g/mol. The summed E-state index contributed by atoms with van der Waals surface area (Å²) in [5.74, 6) is 0. The van der Waals surface area contributed by atoms with E-state index in [0.29, 0.717) is 18.8 Å². The largest absolute Gasteiger partial charge is 0.373 e. The third kappa shape index (κ3) is 3.54. The van der Waals surface area contributed by atoms with Crippen molar-refractivity contribution in [3.8, 4) is 0 Å². The molecule has 100 valence electrons. The highest BCUT2D eigenvalue weighted by Gasteiger charge is 2.22. The first kappa shape index (κ1) is 14.0. The molecule has 3 nitrogen and oxygen atoms in total. The van der Waals surface area contributed by atoms with Crippen LogP contribution in [0.5, 0.6) is 0 Å². The van der Waals surface area contributed by atoms with E-state index in [0.717, 1.165) is 29.7 Å². The summed E-state index contributed by atoms with van der Waals surface area (Å²) >= 11 is 3.63. The molecule has 0 saturated carbocycles. The zero-order chi connectivity index (χ0) is 13.1. The fourth-order valence-electron chi connectivity index (χ4n) is 2.50. The number of ether oxygens (including phenoxy) is 1. The molecule has 1 saturated heterocycles. The van der Waals surface area contributed by atoms with Gasteiger partial charge in [0.25, 0.3) is 0 Å². The van der Waals surface area contributed by atoms with E-state index in [1.165, 1.54) is 5.56 Å². The molecule has 2 N–H and O–H groups in total. The van der Waals surface area contributed by atoms with E-state index in [4.69, 9.17) is 10.5 Å². The summed E-state index contributed by atoms with van der Waals surface area (Å²) < 4.78 is 6.90. The lowest BCUT2D eigenvalue weighted by molar-refractivity contribution is -0.0705. The summed E-state index contributed by atoms with van der Waals surface area (Å²) in [6.45, 7) is 7.81. The maximum atomic E-state index is 5.75. The molecule has 0 radical (unpaired) electrons. The normalized spacial score (nSPS) is 25.3. The van der Waals surface area contributed by atoms with E-state index in [9.17, 15) is 0 Å². The van der Waals surface area contributed by atoms with Crippen molar-refractivity contribution < 1.29 is 4.74 Å². The molecule has 2 rings (SSSR count). The van der Waals surface area contributed by atoms with Crippen molar-refractivity contribution in [1.29, 1.82) is 0 Å². The Labute approximate surface area is 117 Å². The molecule has 1 aromatic rings. The van der Waals surface area contributed by atoms with Gasteiger partial charge in [-0.1, -0.05) is 28.1 Å². The standard InChI is InChI=1S/C14H21BrN2O/c1-10-7-17(8-11(2)18-10)9-13-4-3-12(6-16)5-14(13)15/h3-5,10-11H,6-9,16H2,1-2H3. The number of nitrogens with zero attached hydrogens (tertiary/aromatic N) is 1. The molecule has 1 aromatic carbocycles. The summed E-state index contributed by atoms with van der Waals surface area (Å²) in [7, 11) is 0. The minimum Gasteiger partial charge on any atom is -0.373 e. The lowest BCUT2D eigenvalue weighted by Crippen LogP contribution is -2.44. The van der Waals surface area contributed by atoms with Gasteiger partial charge in [-0.15, -0.1) is 0 Å². The fraction of sp³-hybridized carbons (Fsp3) is 0.571. The molecule has 4 heteroatoms. The molecule has 2 atom stereocenters. The summed E-state index contributed by atoms with van der Waals surface area (Å²) in [5.41, 5.74) is 8.12. The van der Waals surface area contributed by atoms with Gasteiger partial charge in [0.15, 0.2) is 0 Å². The minimum atomic E-state index is 0.316. The third-order valence-corrected chi connectivity index (χ3v) is 3.98. The van der Waals surface area contributed by atoms with Crippen molar-refractivity contribution in [3.63, 3.8) is 0 Å². The Morgan fingerprint density at radius 1 is 1.33 bits per heavy atom. The molecule has 1 fully saturated rings. The second-order valence-electron chi connectivity index (χ2n) is 5.08. The van der Waals surface area contributed by atoms with Crippen LogP contribution in [0.4, 0.5) is 0 Å². The molecule has 0 bridgehead atoms. The fourth-order valence-corrected chi connectivity index (χ4v) is 3.05. The maximum absolute atomic E-state index is 5.75. The molecule has 1 heterocycles. The zero-order valence-electron chi connectivity index (χ0n) is 11.0. The van der Waals surface area contributed by atoms with Gasteiger partial charge in [0.05, 0.1) is 12.2 Å². The quantitative estimate of drug-likeness (QED) is 0.932. The smallest absolute Gasteiger partial charge is 0.0678 e. The average Bonchev–Trinajstić information content (AvgIpc) is 2.30. The van der Waals surface area contributed by atoms with Crippen molar-refractivity contribution in [1.82, 2.24) is 4.90 Å². The lowest BCUT2D eigenvalue weighted by Gasteiger charge is -2.35. The van der Waals surface area contributed by atoms with Gasteiger partial charge in [-0.3, -0.25) is 4.90 Å². The Morgan fingerprint density at radius 2 is 2.00 bits per heavy atom. The molecule has 0 amide bonds. The lowest BCUT2D eigenvalue weighted by atomic mass is 10.1. The summed E-state index contributed by atoms with van der Waals surface area (Å²) in [6, 6.07) is 6.38. The van der Waals surface area contributed by atoms with Gasteiger partial charge in [-0.05, 0) is 31.0 Å². The van der Waals surface area contributed by atoms with Crippen LogP contribution in [-0.4, -0.2) is 30.2 Å². The minimum absolute atomic E-state index is 0.316. The SMILES string of the molecule is CC1CN(Cc2ccc(CN)cc2Br)CC(C)O1. The summed E-state index contributed by atoms with van der Waals surface area (Å²) in [5, 5.41) is 0. The molecular formula is C14H21BrN2O. The van der Waals surface area contributed by atoms with Crippen molar-refractivity contribution in [2.24, 2.45) is 5.73 Å². The highest BCUT2D eigenvalue weighted by Crippen LogP contribution is 2.22. The number of hydrogen-bond donors (Lipinski definition) is 1.